The van der Waals surface area contributed by atoms with Crippen LogP contribution in [0, 0.1) is 13.8 Å². The van der Waals surface area contributed by atoms with E-state index in [1.807, 2.05) is 6.92 Å². The van der Waals surface area contributed by atoms with Crippen LogP contribution in [-0.4, -0.2) is 13.0 Å². The van der Waals surface area contributed by atoms with Crippen molar-refractivity contribution in [2.75, 3.05) is 0 Å². The van der Waals surface area contributed by atoms with E-state index in [1.165, 1.54) is 74.5 Å². The standard InChI is InChI=1S/C26H40O3S/c1-18-23(20-12-6-3-7-13-20)24(21-14-8-4-9-15-21)19(2)26(30(27,28)29)25(18)22-16-10-5-11-17-22/h20-22H,3-17H2,1-2H3,(H,27,28,29)/p-1. The summed E-state index contributed by atoms with van der Waals surface area (Å²) in [6, 6.07) is 0. The number of hydrogen-bond donors (Lipinski definition) is 0. The summed E-state index contributed by atoms with van der Waals surface area (Å²) >= 11 is 0. The molecule has 0 spiro atoms. The van der Waals surface area contributed by atoms with Crippen LogP contribution in [0.3, 0.4) is 0 Å². The van der Waals surface area contributed by atoms with Crippen LogP contribution in [0.4, 0.5) is 0 Å². The smallest absolute Gasteiger partial charge is 0.124 e. The molecule has 0 heterocycles. The van der Waals surface area contributed by atoms with Crippen molar-refractivity contribution in [1.29, 1.82) is 0 Å². The number of rotatable bonds is 4. The Kier molecular flexibility index (Phi) is 6.94. The summed E-state index contributed by atoms with van der Waals surface area (Å²) in [5.74, 6) is 1.20. The van der Waals surface area contributed by atoms with E-state index in [0.717, 1.165) is 49.7 Å². The van der Waals surface area contributed by atoms with E-state index in [0.29, 0.717) is 11.8 Å². The van der Waals surface area contributed by atoms with Gasteiger partial charge in [0.05, 0.1) is 4.90 Å². The predicted molar refractivity (Wildman–Crippen MR) is 121 cm³/mol. The van der Waals surface area contributed by atoms with Crippen LogP contribution < -0.4 is 0 Å². The summed E-state index contributed by atoms with van der Waals surface area (Å²) in [4.78, 5) is 0.173. The van der Waals surface area contributed by atoms with Gasteiger partial charge in [0.25, 0.3) is 0 Å². The largest absolute Gasteiger partial charge is 0.744 e. The average molecular weight is 432 g/mol. The van der Waals surface area contributed by atoms with Crippen molar-refractivity contribution >= 4 is 10.1 Å². The molecule has 0 atom stereocenters. The van der Waals surface area contributed by atoms with Crippen LogP contribution in [0.15, 0.2) is 4.90 Å². The highest BCUT2D eigenvalue weighted by atomic mass is 32.2. The van der Waals surface area contributed by atoms with Crippen molar-refractivity contribution < 1.29 is 13.0 Å². The van der Waals surface area contributed by atoms with Gasteiger partial charge >= 0.3 is 0 Å². The Bertz CT molecular complexity index is 853. The lowest BCUT2D eigenvalue weighted by atomic mass is 9.70. The maximum absolute atomic E-state index is 12.6. The van der Waals surface area contributed by atoms with Crippen molar-refractivity contribution in [3.8, 4) is 0 Å². The Morgan fingerprint density at radius 1 is 0.567 bits per heavy atom. The third-order valence-corrected chi connectivity index (χ3v) is 9.40. The second-order valence-corrected chi connectivity index (χ2v) is 11.6. The van der Waals surface area contributed by atoms with Crippen molar-refractivity contribution in [2.24, 2.45) is 0 Å². The summed E-state index contributed by atoms with van der Waals surface area (Å²) in [5, 5.41) is 0. The normalized spacial score (nSPS) is 23.0. The first-order chi connectivity index (χ1) is 14.4. The summed E-state index contributed by atoms with van der Waals surface area (Å²) in [5.41, 5.74) is 5.65. The van der Waals surface area contributed by atoms with Gasteiger partial charge in [-0.15, -0.1) is 0 Å². The molecule has 3 saturated carbocycles. The van der Waals surface area contributed by atoms with E-state index in [-0.39, 0.29) is 10.8 Å². The lowest BCUT2D eigenvalue weighted by Gasteiger charge is -2.37. The number of benzene rings is 1. The molecule has 0 aliphatic heterocycles. The third-order valence-electron chi connectivity index (χ3n) is 8.38. The van der Waals surface area contributed by atoms with Gasteiger partial charge in [0, 0.05) is 0 Å². The van der Waals surface area contributed by atoms with Crippen molar-refractivity contribution in [1.82, 2.24) is 0 Å². The molecule has 3 aliphatic carbocycles. The molecule has 30 heavy (non-hydrogen) atoms. The molecule has 0 radical (unpaired) electrons. The summed E-state index contributed by atoms with van der Waals surface area (Å²) in [6.45, 7) is 4.13. The van der Waals surface area contributed by atoms with Gasteiger partial charge in [-0.1, -0.05) is 57.8 Å². The maximum atomic E-state index is 12.6. The molecule has 0 N–H and O–H groups in total. The van der Waals surface area contributed by atoms with Crippen LogP contribution in [0.5, 0.6) is 0 Å². The molecule has 0 aromatic heterocycles. The van der Waals surface area contributed by atoms with Crippen molar-refractivity contribution in [2.45, 2.75) is 133 Å². The Labute approximate surface area is 183 Å². The first kappa shape index (κ1) is 22.3. The van der Waals surface area contributed by atoms with Gasteiger partial charge < -0.3 is 4.55 Å². The maximum Gasteiger partial charge on any atom is 0.124 e. The zero-order chi connectivity index (χ0) is 21.3. The molecule has 3 fully saturated rings. The summed E-state index contributed by atoms with van der Waals surface area (Å²) in [6.07, 6.45) is 17.8. The Balaban J connectivity index is 1.97. The Morgan fingerprint density at radius 2 is 0.900 bits per heavy atom. The van der Waals surface area contributed by atoms with Gasteiger partial charge in [0.15, 0.2) is 0 Å². The second-order valence-electron chi connectivity index (χ2n) is 10.3. The quantitative estimate of drug-likeness (QED) is 0.468. The summed E-state index contributed by atoms with van der Waals surface area (Å²) in [7, 11) is -4.49. The molecule has 0 bridgehead atoms. The second kappa shape index (κ2) is 9.32. The van der Waals surface area contributed by atoms with Crippen molar-refractivity contribution in [3.05, 3.63) is 27.8 Å². The van der Waals surface area contributed by atoms with E-state index in [9.17, 15) is 13.0 Å². The molecule has 4 rings (SSSR count). The monoisotopic (exact) mass is 431 g/mol. The fourth-order valence-electron chi connectivity index (χ4n) is 7.08. The Hall–Kier alpha value is -0.870. The SMILES string of the molecule is Cc1c(C2CCCCC2)c(C2CCCCC2)c(C)c(S(=O)(=O)[O-])c1C1CCCCC1. The molecule has 4 heteroatoms. The molecule has 168 valence electrons. The summed E-state index contributed by atoms with van der Waals surface area (Å²) < 4.78 is 37.9. The topological polar surface area (TPSA) is 57.2 Å². The van der Waals surface area contributed by atoms with Crippen LogP contribution in [0.2, 0.25) is 0 Å². The minimum atomic E-state index is -4.49. The lowest BCUT2D eigenvalue weighted by Crippen LogP contribution is -2.22. The van der Waals surface area contributed by atoms with Crippen LogP contribution in [0.1, 0.15) is 142 Å². The molecule has 1 aromatic rings. The Morgan fingerprint density at radius 3 is 1.27 bits per heavy atom. The first-order valence-corrected chi connectivity index (χ1v) is 13.9. The third kappa shape index (κ3) is 4.37. The zero-order valence-electron chi connectivity index (χ0n) is 19.0. The van der Waals surface area contributed by atoms with Crippen molar-refractivity contribution in [3.63, 3.8) is 0 Å². The molecule has 3 nitrogen and oxygen atoms in total. The van der Waals surface area contributed by atoms with Gasteiger partial charge in [-0.3, -0.25) is 0 Å². The van der Waals surface area contributed by atoms with E-state index in [4.69, 9.17) is 0 Å². The van der Waals surface area contributed by atoms with Crippen LogP contribution in [0.25, 0.3) is 0 Å². The zero-order valence-corrected chi connectivity index (χ0v) is 19.8. The fraction of sp³-hybridized carbons (Fsp3) is 0.769. The van der Waals surface area contributed by atoms with E-state index < -0.39 is 10.1 Å². The molecule has 0 saturated heterocycles. The molecule has 0 unspecified atom stereocenters. The van der Waals surface area contributed by atoms with Crippen LogP contribution in [-0.2, 0) is 10.1 Å². The fourth-order valence-corrected chi connectivity index (χ4v) is 8.16. The predicted octanol–water partition coefficient (Wildman–Crippen LogP) is 7.35. The van der Waals surface area contributed by atoms with Gasteiger partial charge in [-0.2, -0.15) is 0 Å². The van der Waals surface area contributed by atoms with E-state index in [2.05, 4.69) is 6.92 Å². The molecular weight excluding hydrogens is 392 g/mol. The van der Waals surface area contributed by atoms with Crippen LogP contribution >= 0.6 is 0 Å². The average Bonchev–Trinajstić information content (AvgIpc) is 2.75. The number of hydrogen-bond acceptors (Lipinski definition) is 3. The molecule has 0 amide bonds. The highest BCUT2D eigenvalue weighted by Crippen LogP contribution is 2.49. The van der Waals surface area contributed by atoms with Gasteiger partial charge in [-0.25, -0.2) is 8.42 Å². The molecule has 1 aromatic carbocycles. The van der Waals surface area contributed by atoms with Gasteiger partial charge in [-0.05, 0) is 97.9 Å². The van der Waals surface area contributed by atoms with E-state index in [1.54, 1.807) is 0 Å². The highest BCUT2D eigenvalue weighted by Gasteiger charge is 2.34. The molecule has 3 aliphatic rings. The minimum absolute atomic E-state index is 0.173. The van der Waals surface area contributed by atoms with Gasteiger partial charge in [0.2, 0.25) is 0 Å². The highest BCUT2D eigenvalue weighted by molar-refractivity contribution is 7.85. The van der Waals surface area contributed by atoms with E-state index >= 15 is 0 Å². The molecular formula is C26H39O3S-. The first-order valence-electron chi connectivity index (χ1n) is 12.5. The lowest BCUT2D eigenvalue weighted by molar-refractivity contribution is 0.407. The van der Waals surface area contributed by atoms with Gasteiger partial charge in [0.1, 0.15) is 10.1 Å². The minimum Gasteiger partial charge on any atom is -0.744 e.